The molecular formula is C24H21FN6O5. The Balaban J connectivity index is 1.26. The predicted octanol–water partition coefficient (Wildman–Crippen LogP) is 1.47. The van der Waals surface area contributed by atoms with Crippen LogP contribution in [0.3, 0.4) is 0 Å². The Morgan fingerprint density at radius 2 is 1.69 bits per heavy atom. The molecule has 3 N–H and O–H groups in total. The molecule has 0 aliphatic carbocycles. The van der Waals surface area contributed by atoms with Crippen LogP contribution >= 0.6 is 0 Å². The number of nitrogens with zero attached hydrogens (tertiary/aromatic N) is 6. The van der Waals surface area contributed by atoms with E-state index < -0.39 is 31.1 Å². The van der Waals surface area contributed by atoms with Crippen LogP contribution in [0.5, 0.6) is 5.75 Å². The van der Waals surface area contributed by atoms with Crippen molar-refractivity contribution in [2.24, 2.45) is 0 Å². The van der Waals surface area contributed by atoms with Gasteiger partial charge in [-0.1, -0.05) is 12.1 Å². The van der Waals surface area contributed by atoms with E-state index in [9.17, 15) is 19.7 Å². The minimum absolute atomic E-state index is 0.291. The van der Waals surface area contributed by atoms with Gasteiger partial charge in [-0.05, 0) is 42.0 Å². The zero-order valence-electron chi connectivity index (χ0n) is 18.7. The van der Waals surface area contributed by atoms with Crippen LogP contribution in [-0.2, 0) is 11.3 Å². The van der Waals surface area contributed by atoms with Gasteiger partial charge in [0.25, 0.3) is 0 Å². The second-order valence-electron chi connectivity index (χ2n) is 8.45. The fourth-order valence-corrected chi connectivity index (χ4v) is 4.26. The predicted molar refractivity (Wildman–Crippen MR) is 123 cm³/mol. The maximum absolute atomic E-state index is 13.1. The molecular weight excluding hydrogens is 471 g/mol. The van der Waals surface area contributed by atoms with Crippen molar-refractivity contribution in [3.63, 3.8) is 0 Å². The normalized spacial score (nSPS) is 22.0. The minimum atomic E-state index is -1.25. The van der Waals surface area contributed by atoms with Crippen molar-refractivity contribution in [2.45, 2.75) is 31.1 Å². The first-order valence-electron chi connectivity index (χ1n) is 11.2. The van der Waals surface area contributed by atoms with E-state index in [1.165, 1.54) is 23.0 Å². The summed E-state index contributed by atoms with van der Waals surface area (Å²) in [5.41, 5.74) is 2.92. The summed E-state index contributed by atoms with van der Waals surface area (Å²) < 4.78 is 27.6. The van der Waals surface area contributed by atoms with Crippen molar-refractivity contribution in [1.82, 2.24) is 29.1 Å². The average molecular weight is 492 g/mol. The van der Waals surface area contributed by atoms with Gasteiger partial charge in [0.1, 0.15) is 42.8 Å². The molecule has 11 nitrogen and oxygen atoms in total. The van der Waals surface area contributed by atoms with Gasteiger partial charge in [-0.2, -0.15) is 0 Å². The van der Waals surface area contributed by atoms with E-state index in [1.807, 2.05) is 24.3 Å². The first-order valence-corrected chi connectivity index (χ1v) is 11.2. The molecule has 3 aromatic heterocycles. The zero-order valence-corrected chi connectivity index (χ0v) is 18.7. The van der Waals surface area contributed by atoms with E-state index in [0.29, 0.717) is 35.0 Å². The highest BCUT2D eigenvalue weighted by atomic mass is 19.1. The monoisotopic (exact) mass is 492 g/mol. The smallest absolute Gasteiger partial charge is 0.192 e. The van der Waals surface area contributed by atoms with Gasteiger partial charge < -0.3 is 24.8 Å². The van der Waals surface area contributed by atoms with E-state index in [0.717, 1.165) is 11.1 Å². The molecule has 6 rings (SSSR count). The summed E-state index contributed by atoms with van der Waals surface area (Å²) in [6.07, 6.45) is -1.36. The van der Waals surface area contributed by atoms with Crippen LogP contribution in [0.4, 0.5) is 4.39 Å². The number of halogens is 1. The molecule has 12 heteroatoms. The van der Waals surface area contributed by atoms with Gasteiger partial charge in [-0.15, -0.1) is 10.2 Å². The number of aliphatic hydroxyl groups is 3. The van der Waals surface area contributed by atoms with Gasteiger partial charge in [-0.3, -0.25) is 8.97 Å². The summed E-state index contributed by atoms with van der Waals surface area (Å²) in [4.78, 5) is 8.85. The number of rotatable bonds is 6. The molecule has 5 aromatic rings. The van der Waals surface area contributed by atoms with E-state index >= 15 is 0 Å². The Morgan fingerprint density at radius 3 is 2.42 bits per heavy atom. The van der Waals surface area contributed by atoms with Crippen molar-refractivity contribution in [1.29, 1.82) is 0 Å². The summed E-state index contributed by atoms with van der Waals surface area (Å²) >= 11 is 0. The summed E-state index contributed by atoms with van der Waals surface area (Å²) in [7, 11) is 0. The third-order valence-corrected chi connectivity index (χ3v) is 6.19. The number of ether oxygens (including phenoxy) is 2. The Bertz CT molecular complexity index is 1520. The van der Waals surface area contributed by atoms with Crippen LogP contribution in [0.1, 0.15) is 11.8 Å². The highest BCUT2D eigenvalue weighted by Crippen LogP contribution is 2.32. The number of benzene rings is 2. The molecule has 184 valence electrons. The second-order valence-corrected chi connectivity index (χ2v) is 8.45. The highest BCUT2D eigenvalue weighted by molar-refractivity contribution is 5.86. The Labute approximate surface area is 203 Å². The fraction of sp³-hybridized carbons (Fsp3) is 0.250. The minimum Gasteiger partial charge on any atom is -0.489 e. The van der Waals surface area contributed by atoms with Crippen molar-refractivity contribution < 1.29 is 29.2 Å². The number of fused-ring (bicyclic) bond motifs is 3. The highest BCUT2D eigenvalue weighted by Gasteiger charge is 2.44. The lowest BCUT2D eigenvalue weighted by Gasteiger charge is -2.16. The number of imidazole rings is 1. The van der Waals surface area contributed by atoms with Gasteiger partial charge in [-0.25, -0.2) is 14.4 Å². The van der Waals surface area contributed by atoms with Gasteiger partial charge in [0, 0.05) is 5.56 Å². The maximum Gasteiger partial charge on any atom is 0.192 e. The van der Waals surface area contributed by atoms with Crippen LogP contribution in [0, 0.1) is 5.82 Å². The topological polar surface area (TPSA) is 140 Å². The molecule has 0 unspecified atom stereocenters. The van der Waals surface area contributed by atoms with E-state index in [4.69, 9.17) is 9.47 Å². The molecule has 1 aliphatic heterocycles. The molecule has 4 atom stereocenters. The molecule has 1 fully saturated rings. The molecule has 4 heterocycles. The lowest BCUT2D eigenvalue weighted by Crippen LogP contribution is -2.33. The standard InChI is InChI=1S/C24H21FN6O5/c25-15-5-1-13(2-6-15)10-35-16-7-3-14(4-8-16)21-28-29-23-18-22(27-12-30(21)23)31(11-26-18)24-20(34)19(33)17(9-32)36-24/h1-8,11-12,17,19-20,24,32-34H,9-10H2/t17-,19-,20-,24-/m1/s1. The maximum atomic E-state index is 13.1. The number of aliphatic hydroxyl groups excluding tert-OH is 3. The Kier molecular flexibility index (Phi) is 5.57. The summed E-state index contributed by atoms with van der Waals surface area (Å²) in [6, 6.07) is 13.4. The van der Waals surface area contributed by atoms with Crippen LogP contribution in [0.25, 0.3) is 28.2 Å². The van der Waals surface area contributed by atoms with E-state index in [1.54, 1.807) is 22.9 Å². The zero-order chi connectivity index (χ0) is 24.8. The van der Waals surface area contributed by atoms with Crippen molar-refractivity contribution in [3.8, 4) is 17.1 Å². The second kappa shape index (κ2) is 8.91. The molecule has 36 heavy (non-hydrogen) atoms. The summed E-state index contributed by atoms with van der Waals surface area (Å²) in [5.74, 6) is 0.905. The van der Waals surface area contributed by atoms with Crippen molar-refractivity contribution in [2.75, 3.05) is 6.61 Å². The molecule has 0 radical (unpaired) electrons. The largest absolute Gasteiger partial charge is 0.489 e. The third-order valence-electron chi connectivity index (χ3n) is 6.19. The molecule has 0 spiro atoms. The van der Waals surface area contributed by atoms with Crippen molar-refractivity contribution >= 4 is 16.8 Å². The molecule has 1 aliphatic rings. The number of aromatic nitrogens is 6. The van der Waals surface area contributed by atoms with Crippen LogP contribution in [-0.4, -0.2) is 69.4 Å². The van der Waals surface area contributed by atoms with Crippen molar-refractivity contribution in [3.05, 3.63) is 72.6 Å². The fourth-order valence-electron chi connectivity index (χ4n) is 4.26. The summed E-state index contributed by atoms with van der Waals surface area (Å²) in [5, 5.41) is 38.4. The lowest BCUT2D eigenvalue weighted by molar-refractivity contribution is -0.0511. The first-order chi connectivity index (χ1) is 17.5. The van der Waals surface area contributed by atoms with Crippen LogP contribution in [0.15, 0.2) is 61.2 Å². The molecule has 0 saturated carbocycles. The average Bonchev–Trinajstić information content (AvgIpc) is 3.60. The lowest BCUT2D eigenvalue weighted by atomic mass is 10.1. The van der Waals surface area contributed by atoms with Crippen LogP contribution in [0.2, 0.25) is 0 Å². The third kappa shape index (κ3) is 3.76. The van der Waals surface area contributed by atoms with Gasteiger partial charge in [0.2, 0.25) is 0 Å². The molecule has 0 bridgehead atoms. The van der Waals surface area contributed by atoms with E-state index in [2.05, 4.69) is 20.2 Å². The Hall–Kier alpha value is -3.97. The van der Waals surface area contributed by atoms with Gasteiger partial charge in [0.15, 0.2) is 28.9 Å². The summed E-state index contributed by atoms with van der Waals surface area (Å²) in [6.45, 7) is -0.115. The molecule has 1 saturated heterocycles. The molecule has 2 aromatic carbocycles. The number of hydrogen-bond acceptors (Lipinski definition) is 9. The quantitative estimate of drug-likeness (QED) is 0.321. The van der Waals surface area contributed by atoms with E-state index in [-0.39, 0.29) is 5.82 Å². The van der Waals surface area contributed by atoms with Gasteiger partial charge in [0.05, 0.1) is 12.9 Å². The molecule has 0 amide bonds. The number of hydrogen-bond donors (Lipinski definition) is 3. The Morgan fingerprint density at radius 1 is 0.917 bits per heavy atom. The van der Waals surface area contributed by atoms with Gasteiger partial charge >= 0.3 is 0 Å². The first kappa shape index (κ1) is 22.5. The SMILES string of the molecule is OC[C@H]1O[C@@H](n2cnc3c2ncn2c(-c4ccc(OCc5ccc(F)cc5)cc4)nnc32)[C@H](O)[C@@H]1O. The van der Waals surface area contributed by atoms with Crippen LogP contribution < -0.4 is 4.74 Å².